The van der Waals surface area contributed by atoms with Crippen molar-refractivity contribution in [3.63, 3.8) is 0 Å². The topological polar surface area (TPSA) is 72.2 Å². The molecule has 4 nitrogen and oxygen atoms in total. The van der Waals surface area contributed by atoms with Crippen molar-refractivity contribution in [2.75, 3.05) is 18.6 Å². The van der Waals surface area contributed by atoms with E-state index in [1.54, 1.807) is 6.26 Å². The molecule has 2 atom stereocenters. The largest absolute Gasteiger partial charge is 0.353 e. The van der Waals surface area contributed by atoms with Crippen LogP contribution in [-0.2, 0) is 15.6 Å². The molecule has 0 aromatic rings. The molecule has 1 rings (SSSR count). The lowest BCUT2D eigenvalue weighted by Crippen LogP contribution is -2.44. The van der Waals surface area contributed by atoms with Gasteiger partial charge >= 0.3 is 0 Å². The van der Waals surface area contributed by atoms with Crippen molar-refractivity contribution < 1.29 is 9.00 Å². The maximum Gasteiger partial charge on any atom is 0.220 e. The average molecular weight is 246 g/mol. The van der Waals surface area contributed by atoms with Crippen molar-refractivity contribution in [3.05, 3.63) is 0 Å². The molecular weight excluding hydrogens is 224 g/mol. The lowest BCUT2D eigenvalue weighted by atomic mass is 9.66. The van der Waals surface area contributed by atoms with E-state index >= 15 is 0 Å². The van der Waals surface area contributed by atoms with Crippen LogP contribution in [0.5, 0.6) is 0 Å². The summed E-state index contributed by atoms with van der Waals surface area (Å²) in [5.41, 5.74) is 5.75. The zero-order valence-corrected chi connectivity index (χ0v) is 10.9. The van der Waals surface area contributed by atoms with Crippen molar-refractivity contribution in [2.24, 2.45) is 11.1 Å². The minimum Gasteiger partial charge on any atom is -0.353 e. The smallest absolute Gasteiger partial charge is 0.220 e. The van der Waals surface area contributed by atoms with E-state index in [0.29, 0.717) is 18.7 Å². The van der Waals surface area contributed by atoms with Crippen LogP contribution in [0.1, 0.15) is 32.6 Å². The van der Waals surface area contributed by atoms with Gasteiger partial charge in [-0.2, -0.15) is 0 Å². The number of carbonyl (C=O) groups excluding carboxylic acids is 1. The standard InChI is InChI=1S/C11H22N2O2S/c1-9(7-16(2)15)13-10(14)6-11(8-12)4-3-5-11/h9H,3-8,12H2,1-2H3,(H,13,14). The van der Waals surface area contributed by atoms with Crippen LogP contribution in [-0.4, -0.2) is 34.7 Å². The summed E-state index contributed by atoms with van der Waals surface area (Å²) in [6.45, 7) is 2.48. The van der Waals surface area contributed by atoms with Gasteiger partial charge in [0, 0.05) is 35.3 Å². The summed E-state index contributed by atoms with van der Waals surface area (Å²) in [6, 6.07) is -0.0202. The molecule has 16 heavy (non-hydrogen) atoms. The molecule has 1 aliphatic rings. The van der Waals surface area contributed by atoms with E-state index in [0.717, 1.165) is 12.8 Å². The van der Waals surface area contributed by atoms with Crippen molar-refractivity contribution in [1.82, 2.24) is 5.32 Å². The van der Waals surface area contributed by atoms with Gasteiger partial charge in [-0.1, -0.05) is 6.42 Å². The quantitative estimate of drug-likeness (QED) is 0.712. The Balaban J connectivity index is 2.32. The van der Waals surface area contributed by atoms with Gasteiger partial charge in [0.05, 0.1) is 0 Å². The minimum absolute atomic E-state index is 0.0202. The second-order valence-corrected chi connectivity index (χ2v) is 6.42. The normalized spacial score (nSPS) is 21.9. The molecule has 0 spiro atoms. The highest BCUT2D eigenvalue weighted by atomic mass is 32.2. The van der Waals surface area contributed by atoms with Crippen molar-refractivity contribution in [1.29, 1.82) is 0 Å². The van der Waals surface area contributed by atoms with Gasteiger partial charge < -0.3 is 11.1 Å². The maximum absolute atomic E-state index is 11.7. The molecule has 1 saturated carbocycles. The minimum atomic E-state index is -0.864. The highest BCUT2D eigenvalue weighted by molar-refractivity contribution is 7.84. The van der Waals surface area contributed by atoms with E-state index < -0.39 is 10.8 Å². The van der Waals surface area contributed by atoms with Crippen LogP contribution in [0, 0.1) is 5.41 Å². The zero-order valence-electron chi connectivity index (χ0n) is 10.1. The predicted octanol–water partition coefficient (Wildman–Crippen LogP) is 0.389. The fourth-order valence-corrected chi connectivity index (χ4v) is 2.98. The van der Waals surface area contributed by atoms with Gasteiger partial charge in [0.25, 0.3) is 0 Å². The molecule has 1 amide bonds. The van der Waals surface area contributed by atoms with Crippen LogP contribution in [0.2, 0.25) is 0 Å². The summed E-state index contributed by atoms with van der Waals surface area (Å²) in [5, 5.41) is 2.88. The number of hydrogen-bond acceptors (Lipinski definition) is 3. The Kier molecular flexibility index (Phi) is 4.92. The molecule has 1 aliphatic carbocycles. The second kappa shape index (κ2) is 5.77. The highest BCUT2D eigenvalue weighted by Crippen LogP contribution is 2.42. The summed E-state index contributed by atoms with van der Waals surface area (Å²) in [4.78, 5) is 11.7. The first kappa shape index (κ1) is 13.6. The Bertz CT molecular complexity index is 272. The lowest BCUT2D eigenvalue weighted by molar-refractivity contribution is -0.125. The van der Waals surface area contributed by atoms with E-state index in [4.69, 9.17) is 5.73 Å². The lowest BCUT2D eigenvalue weighted by Gasteiger charge is -2.40. The molecule has 3 N–H and O–H groups in total. The third-order valence-corrected chi connectivity index (χ3v) is 4.24. The number of hydrogen-bond donors (Lipinski definition) is 2. The van der Waals surface area contributed by atoms with Crippen molar-refractivity contribution in [3.8, 4) is 0 Å². The summed E-state index contributed by atoms with van der Waals surface area (Å²) < 4.78 is 11.0. The van der Waals surface area contributed by atoms with E-state index in [1.807, 2.05) is 6.92 Å². The molecule has 0 radical (unpaired) electrons. The fraction of sp³-hybridized carbons (Fsp3) is 0.909. The van der Waals surface area contributed by atoms with Gasteiger partial charge in [-0.25, -0.2) is 0 Å². The molecule has 94 valence electrons. The molecule has 0 saturated heterocycles. The fourth-order valence-electron chi connectivity index (χ4n) is 2.19. The Morgan fingerprint density at radius 2 is 2.19 bits per heavy atom. The number of rotatable bonds is 6. The maximum atomic E-state index is 11.7. The SMILES string of the molecule is CC(CS(C)=O)NC(=O)CC1(CN)CCC1. The molecule has 0 bridgehead atoms. The first-order valence-corrected chi connectivity index (χ1v) is 7.50. The third-order valence-electron chi connectivity index (χ3n) is 3.27. The van der Waals surface area contributed by atoms with Gasteiger partial charge in [-0.05, 0) is 31.7 Å². The molecule has 0 aliphatic heterocycles. The van der Waals surface area contributed by atoms with Crippen molar-refractivity contribution in [2.45, 2.75) is 38.6 Å². The number of nitrogens with one attached hydrogen (secondary N) is 1. The van der Waals surface area contributed by atoms with Crippen molar-refractivity contribution >= 4 is 16.7 Å². The molecule has 2 unspecified atom stereocenters. The highest BCUT2D eigenvalue weighted by Gasteiger charge is 2.37. The monoisotopic (exact) mass is 246 g/mol. The zero-order chi connectivity index (χ0) is 12.2. The summed E-state index contributed by atoms with van der Waals surface area (Å²) in [7, 11) is -0.864. The van der Waals surface area contributed by atoms with Crippen LogP contribution in [0.15, 0.2) is 0 Å². The second-order valence-electron chi connectivity index (χ2n) is 4.94. The number of carbonyl (C=O) groups is 1. The Morgan fingerprint density at radius 1 is 1.56 bits per heavy atom. The molecule has 5 heteroatoms. The van der Waals surface area contributed by atoms with Crippen LogP contribution in [0.25, 0.3) is 0 Å². The van der Waals surface area contributed by atoms with E-state index in [2.05, 4.69) is 5.32 Å². The summed E-state index contributed by atoms with van der Waals surface area (Å²) in [6.07, 6.45) is 5.47. The first-order chi connectivity index (χ1) is 7.47. The third kappa shape index (κ3) is 3.87. The number of amides is 1. The van der Waals surface area contributed by atoms with Crippen LogP contribution in [0.4, 0.5) is 0 Å². The van der Waals surface area contributed by atoms with Gasteiger partial charge in [0.1, 0.15) is 0 Å². The molecule has 1 fully saturated rings. The van der Waals surface area contributed by atoms with Gasteiger partial charge in [0.2, 0.25) is 5.91 Å². The Hall–Kier alpha value is -0.420. The Morgan fingerprint density at radius 3 is 2.56 bits per heavy atom. The van der Waals surface area contributed by atoms with Crippen LogP contribution in [0.3, 0.4) is 0 Å². The van der Waals surface area contributed by atoms with E-state index in [1.165, 1.54) is 6.42 Å². The summed E-state index contributed by atoms with van der Waals surface area (Å²) in [5.74, 6) is 0.560. The molecule has 0 aromatic carbocycles. The Labute approximate surface area is 99.8 Å². The van der Waals surface area contributed by atoms with Crippen LogP contribution >= 0.6 is 0 Å². The molecule has 0 heterocycles. The first-order valence-electron chi connectivity index (χ1n) is 5.77. The molecular formula is C11H22N2O2S. The average Bonchev–Trinajstić information content (AvgIpc) is 2.09. The predicted molar refractivity (Wildman–Crippen MR) is 66.5 cm³/mol. The van der Waals surface area contributed by atoms with E-state index in [-0.39, 0.29) is 17.4 Å². The van der Waals surface area contributed by atoms with Gasteiger partial charge in [-0.15, -0.1) is 0 Å². The number of nitrogens with two attached hydrogens (primary N) is 1. The van der Waals surface area contributed by atoms with Crippen LogP contribution < -0.4 is 11.1 Å². The van der Waals surface area contributed by atoms with Gasteiger partial charge in [0.15, 0.2) is 0 Å². The van der Waals surface area contributed by atoms with Gasteiger partial charge in [-0.3, -0.25) is 9.00 Å². The summed E-state index contributed by atoms with van der Waals surface area (Å²) >= 11 is 0. The molecule has 0 aromatic heterocycles. The van der Waals surface area contributed by atoms with E-state index in [9.17, 15) is 9.00 Å².